The van der Waals surface area contributed by atoms with Crippen molar-refractivity contribution in [2.24, 2.45) is 0 Å². The van der Waals surface area contributed by atoms with Crippen molar-refractivity contribution in [3.05, 3.63) is 0 Å². The van der Waals surface area contributed by atoms with Crippen LogP contribution in [0.3, 0.4) is 0 Å². The van der Waals surface area contributed by atoms with E-state index in [9.17, 15) is 18.3 Å². The largest absolute Gasteiger partial charge is 0.381 e. The van der Waals surface area contributed by atoms with E-state index in [0.717, 1.165) is 0 Å². The van der Waals surface area contributed by atoms with Crippen molar-refractivity contribution in [1.29, 1.82) is 0 Å². The van der Waals surface area contributed by atoms with Crippen LogP contribution >= 0.6 is 0 Å². The molecule has 1 heterocycles. The van der Waals surface area contributed by atoms with Gasteiger partial charge in [0.25, 0.3) is 5.91 Å². The Hall–Kier alpha value is -0.620. The topological polar surface area (TPSA) is 83.5 Å². The van der Waals surface area contributed by atoms with E-state index in [4.69, 9.17) is 0 Å². The third kappa shape index (κ3) is 3.17. The summed E-state index contributed by atoms with van der Waals surface area (Å²) in [6, 6.07) is 0. The molecule has 0 bridgehead atoms. The molecule has 1 atom stereocenters. The first-order chi connectivity index (χ1) is 6.73. The maximum Gasteiger partial charge on any atom is 0.251 e. The molecule has 88 valence electrons. The minimum Gasteiger partial charge on any atom is -0.381 e. The van der Waals surface area contributed by atoms with Crippen LogP contribution in [0.2, 0.25) is 0 Å². The van der Waals surface area contributed by atoms with Crippen LogP contribution in [0.4, 0.5) is 0 Å². The molecule has 5 nitrogen and oxygen atoms in total. The molecule has 1 saturated heterocycles. The molecule has 0 aliphatic carbocycles. The lowest BCUT2D eigenvalue weighted by atomic mass is 10.1. The van der Waals surface area contributed by atoms with Gasteiger partial charge in [0, 0.05) is 6.54 Å². The minimum atomic E-state index is -3.02. The molecule has 1 aliphatic rings. The van der Waals surface area contributed by atoms with Gasteiger partial charge < -0.3 is 10.4 Å². The van der Waals surface area contributed by atoms with Crippen molar-refractivity contribution in [1.82, 2.24) is 5.32 Å². The maximum absolute atomic E-state index is 11.4. The summed E-state index contributed by atoms with van der Waals surface area (Å²) in [5, 5.41) is 11.3. The van der Waals surface area contributed by atoms with E-state index in [1.807, 2.05) is 0 Å². The predicted molar refractivity (Wildman–Crippen MR) is 56.1 cm³/mol. The smallest absolute Gasteiger partial charge is 0.251 e. The van der Waals surface area contributed by atoms with E-state index in [1.165, 1.54) is 13.8 Å². The zero-order valence-electron chi connectivity index (χ0n) is 8.99. The lowest BCUT2D eigenvalue weighted by Crippen LogP contribution is -2.45. The van der Waals surface area contributed by atoms with Crippen LogP contribution in [0.25, 0.3) is 0 Å². The number of sulfone groups is 1. The maximum atomic E-state index is 11.4. The van der Waals surface area contributed by atoms with Crippen LogP contribution in [0, 0.1) is 0 Å². The molecule has 1 amide bonds. The van der Waals surface area contributed by atoms with Crippen molar-refractivity contribution in [3.63, 3.8) is 0 Å². The van der Waals surface area contributed by atoms with Crippen molar-refractivity contribution < 1.29 is 18.3 Å². The van der Waals surface area contributed by atoms with Crippen molar-refractivity contribution >= 4 is 15.7 Å². The molecular weight excluding hydrogens is 218 g/mol. The highest BCUT2D eigenvalue weighted by atomic mass is 32.2. The van der Waals surface area contributed by atoms with Crippen LogP contribution in [-0.2, 0) is 14.6 Å². The van der Waals surface area contributed by atoms with Gasteiger partial charge in [0.1, 0.15) is 5.60 Å². The number of hydrogen-bond acceptors (Lipinski definition) is 4. The first-order valence-corrected chi connectivity index (χ1v) is 6.67. The molecule has 1 unspecified atom stereocenters. The molecule has 0 aromatic heterocycles. The van der Waals surface area contributed by atoms with E-state index >= 15 is 0 Å². The van der Waals surface area contributed by atoms with E-state index in [1.54, 1.807) is 0 Å². The standard InChI is InChI=1S/C9H17NO4S/c1-9(2,12)8(11)10-6-7-4-3-5-15(7,13)14/h7,12H,3-6H2,1-2H3,(H,10,11). The number of rotatable bonds is 3. The minimum absolute atomic E-state index is 0.102. The Morgan fingerprint density at radius 1 is 1.53 bits per heavy atom. The molecule has 1 aliphatic heterocycles. The molecule has 0 aromatic carbocycles. The quantitative estimate of drug-likeness (QED) is 0.687. The Labute approximate surface area is 89.8 Å². The van der Waals surface area contributed by atoms with E-state index < -0.39 is 26.6 Å². The monoisotopic (exact) mass is 235 g/mol. The van der Waals surface area contributed by atoms with Crippen LogP contribution < -0.4 is 5.32 Å². The van der Waals surface area contributed by atoms with Crippen molar-refractivity contribution in [2.75, 3.05) is 12.3 Å². The normalized spacial score (nSPS) is 25.1. The van der Waals surface area contributed by atoms with Crippen LogP contribution in [0.15, 0.2) is 0 Å². The van der Waals surface area contributed by atoms with Crippen LogP contribution in [0.5, 0.6) is 0 Å². The first kappa shape index (κ1) is 12.4. The van der Waals surface area contributed by atoms with Crippen molar-refractivity contribution in [2.45, 2.75) is 37.5 Å². The van der Waals surface area contributed by atoms with Crippen molar-refractivity contribution in [3.8, 4) is 0 Å². The van der Waals surface area contributed by atoms with Gasteiger partial charge in [0.15, 0.2) is 9.84 Å². The Morgan fingerprint density at radius 3 is 2.53 bits per heavy atom. The zero-order chi connectivity index (χ0) is 11.7. The molecule has 0 saturated carbocycles. The van der Waals surface area contributed by atoms with Gasteiger partial charge in [-0.25, -0.2) is 8.42 Å². The molecular formula is C9H17NO4S. The Kier molecular flexibility index (Phi) is 3.40. The van der Waals surface area contributed by atoms with Gasteiger partial charge in [-0.15, -0.1) is 0 Å². The lowest BCUT2D eigenvalue weighted by molar-refractivity contribution is -0.136. The number of carbonyl (C=O) groups excluding carboxylic acids is 1. The highest BCUT2D eigenvalue weighted by Gasteiger charge is 2.32. The fourth-order valence-electron chi connectivity index (χ4n) is 1.51. The highest BCUT2D eigenvalue weighted by Crippen LogP contribution is 2.19. The van der Waals surface area contributed by atoms with Crippen LogP contribution in [-0.4, -0.2) is 42.6 Å². The Morgan fingerprint density at radius 2 is 2.13 bits per heavy atom. The highest BCUT2D eigenvalue weighted by molar-refractivity contribution is 7.92. The summed E-state index contributed by atoms with van der Waals surface area (Å²) in [7, 11) is -3.02. The molecule has 15 heavy (non-hydrogen) atoms. The third-order valence-electron chi connectivity index (χ3n) is 2.51. The second-order valence-corrected chi connectivity index (χ2v) is 6.80. The average molecular weight is 235 g/mol. The fraction of sp³-hybridized carbons (Fsp3) is 0.889. The number of hydrogen-bond donors (Lipinski definition) is 2. The van der Waals surface area contributed by atoms with Gasteiger partial charge in [0.2, 0.25) is 0 Å². The van der Waals surface area contributed by atoms with Gasteiger partial charge in [-0.05, 0) is 26.7 Å². The van der Waals surface area contributed by atoms with Crippen LogP contribution in [0.1, 0.15) is 26.7 Å². The molecule has 1 rings (SSSR count). The zero-order valence-corrected chi connectivity index (χ0v) is 9.80. The average Bonchev–Trinajstić information content (AvgIpc) is 2.39. The van der Waals surface area contributed by atoms with Gasteiger partial charge in [-0.2, -0.15) is 0 Å². The number of nitrogens with one attached hydrogen (secondary N) is 1. The van der Waals surface area contributed by atoms with E-state index in [0.29, 0.717) is 12.8 Å². The summed E-state index contributed by atoms with van der Waals surface area (Å²) in [6.07, 6.45) is 1.25. The van der Waals surface area contributed by atoms with Gasteiger partial charge >= 0.3 is 0 Å². The summed E-state index contributed by atoms with van der Waals surface area (Å²) in [5.74, 6) is -0.333. The fourth-order valence-corrected chi connectivity index (χ4v) is 3.28. The molecule has 6 heteroatoms. The van der Waals surface area contributed by atoms with Gasteiger partial charge in [0.05, 0.1) is 11.0 Å². The number of carbonyl (C=O) groups is 1. The molecule has 0 radical (unpaired) electrons. The molecule has 0 spiro atoms. The Bertz CT molecular complexity index is 342. The summed E-state index contributed by atoms with van der Waals surface area (Å²) in [5.41, 5.74) is -1.46. The van der Waals surface area contributed by atoms with Gasteiger partial charge in [-0.3, -0.25) is 4.79 Å². The summed E-state index contributed by atoms with van der Waals surface area (Å²) in [6.45, 7) is 2.84. The van der Waals surface area contributed by atoms with Gasteiger partial charge in [-0.1, -0.05) is 0 Å². The SMILES string of the molecule is CC(C)(O)C(=O)NCC1CCCS1(=O)=O. The summed E-state index contributed by atoms with van der Waals surface area (Å²) >= 11 is 0. The second-order valence-electron chi connectivity index (χ2n) is 4.40. The summed E-state index contributed by atoms with van der Waals surface area (Å²) < 4.78 is 22.8. The second kappa shape index (κ2) is 4.09. The molecule has 0 aromatic rings. The predicted octanol–water partition coefficient (Wildman–Crippen LogP) is -0.549. The lowest BCUT2D eigenvalue weighted by Gasteiger charge is -2.18. The van der Waals surface area contributed by atoms with E-state index in [-0.39, 0.29) is 12.3 Å². The molecule has 1 fully saturated rings. The molecule has 2 N–H and O–H groups in total. The number of aliphatic hydroxyl groups is 1. The summed E-state index contributed by atoms with van der Waals surface area (Å²) in [4.78, 5) is 11.3. The number of amides is 1. The third-order valence-corrected chi connectivity index (χ3v) is 4.78. The Balaban J connectivity index is 2.48. The first-order valence-electron chi connectivity index (χ1n) is 4.96. The van der Waals surface area contributed by atoms with E-state index in [2.05, 4.69) is 5.32 Å².